The summed E-state index contributed by atoms with van der Waals surface area (Å²) >= 11 is 2.08. The maximum absolute atomic E-state index is 3.67. The van der Waals surface area contributed by atoms with Crippen LogP contribution in [0.1, 0.15) is 53.9 Å². The summed E-state index contributed by atoms with van der Waals surface area (Å²) in [5, 5.41) is 4.43. The van der Waals surface area contributed by atoms with Gasteiger partial charge in [0.1, 0.15) is 0 Å². The zero-order valence-electron chi connectivity index (χ0n) is 11.2. The van der Waals surface area contributed by atoms with E-state index in [-0.39, 0.29) is 0 Å². The lowest BCUT2D eigenvalue weighted by Gasteiger charge is -2.22. The third kappa shape index (κ3) is 9.25. The van der Waals surface area contributed by atoms with E-state index in [1.807, 2.05) is 0 Å². The summed E-state index contributed by atoms with van der Waals surface area (Å²) < 4.78 is 0. The molecule has 0 aliphatic heterocycles. The van der Waals surface area contributed by atoms with Gasteiger partial charge in [0.25, 0.3) is 0 Å². The third-order valence-electron chi connectivity index (χ3n) is 2.70. The van der Waals surface area contributed by atoms with Crippen LogP contribution in [0.5, 0.6) is 0 Å². The standard InChI is InChI=1S/C13H29NS/c1-6-8-14-13(9-12(5)7-2)10-15-11(3)4/h11-14H,6-10H2,1-5H3. The smallest absolute Gasteiger partial charge is 0.0160 e. The Morgan fingerprint density at radius 1 is 1.13 bits per heavy atom. The summed E-state index contributed by atoms with van der Waals surface area (Å²) in [7, 11) is 0. The Labute approximate surface area is 101 Å². The molecule has 0 fully saturated rings. The predicted octanol–water partition coefficient (Wildman–Crippen LogP) is 3.93. The summed E-state index contributed by atoms with van der Waals surface area (Å²) in [4.78, 5) is 0. The van der Waals surface area contributed by atoms with Gasteiger partial charge in [-0.1, -0.05) is 41.0 Å². The highest BCUT2D eigenvalue weighted by atomic mass is 32.2. The normalized spacial score (nSPS) is 15.6. The molecule has 2 unspecified atom stereocenters. The molecular weight excluding hydrogens is 202 g/mol. The van der Waals surface area contributed by atoms with E-state index in [9.17, 15) is 0 Å². The highest BCUT2D eigenvalue weighted by Crippen LogP contribution is 2.16. The van der Waals surface area contributed by atoms with E-state index in [0.717, 1.165) is 11.2 Å². The van der Waals surface area contributed by atoms with Crippen molar-refractivity contribution in [3.8, 4) is 0 Å². The third-order valence-corrected chi connectivity index (χ3v) is 3.96. The fourth-order valence-electron chi connectivity index (χ4n) is 1.52. The lowest BCUT2D eigenvalue weighted by molar-refractivity contribution is 0.417. The van der Waals surface area contributed by atoms with E-state index >= 15 is 0 Å². The molecule has 0 radical (unpaired) electrons. The molecule has 15 heavy (non-hydrogen) atoms. The second kappa shape index (κ2) is 9.53. The quantitative estimate of drug-likeness (QED) is 0.645. The molecule has 0 aliphatic rings. The highest BCUT2D eigenvalue weighted by molar-refractivity contribution is 7.99. The van der Waals surface area contributed by atoms with Crippen molar-refractivity contribution in [1.82, 2.24) is 5.32 Å². The molecular formula is C13H29NS. The largest absolute Gasteiger partial charge is 0.313 e. The van der Waals surface area contributed by atoms with E-state index in [2.05, 4.69) is 51.7 Å². The van der Waals surface area contributed by atoms with Gasteiger partial charge < -0.3 is 5.32 Å². The lowest BCUT2D eigenvalue weighted by atomic mass is 10.0. The summed E-state index contributed by atoms with van der Waals surface area (Å²) in [6, 6.07) is 0.715. The van der Waals surface area contributed by atoms with Crippen LogP contribution in [0.2, 0.25) is 0 Å². The molecule has 0 amide bonds. The fourth-order valence-corrected chi connectivity index (χ4v) is 2.39. The molecule has 0 heterocycles. The second-order valence-electron chi connectivity index (χ2n) is 4.78. The SMILES string of the molecule is CCCNC(CSC(C)C)CC(C)CC. The van der Waals surface area contributed by atoms with E-state index in [1.165, 1.54) is 31.6 Å². The molecule has 0 saturated heterocycles. The van der Waals surface area contributed by atoms with Crippen LogP contribution in [0.15, 0.2) is 0 Å². The first kappa shape index (κ1) is 15.3. The molecule has 0 aromatic carbocycles. The molecule has 2 atom stereocenters. The van der Waals surface area contributed by atoms with Crippen molar-refractivity contribution in [2.24, 2.45) is 5.92 Å². The van der Waals surface area contributed by atoms with Crippen LogP contribution >= 0.6 is 11.8 Å². The predicted molar refractivity (Wildman–Crippen MR) is 73.7 cm³/mol. The van der Waals surface area contributed by atoms with Gasteiger partial charge in [-0.2, -0.15) is 11.8 Å². The Hall–Kier alpha value is 0.310. The van der Waals surface area contributed by atoms with Gasteiger partial charge in [0.15, 0.2) is 0 Å². The Kier molecular flexibility index (Phi) is 9.73. The van der Waals surface area contributed by atoms with Crippen LogP contribution in [-0.4, -0.2) is 23.6 Å². The van der Waals surface area contributed by atoms with Gasteiger partial charge in [-0.05, 0) is 30.6 Å². The zero-order valence-corrected chi connectivity index (χ0v) is 12.0. The maximum atomic E-state index is 3.67. The molecule has 0 aromatic rings. The van der Waals surface area contributed by atoms with Crippen LogP contribution in [0.3, 0.4) is 0 Å². The number of hydrogen-bond donors (Lipinski definition) is 1. The monoisotopic (exact) mass is 231 g/mol. The van der Waals surface area contributed by atoms with Crippen LogP contribution < -0.4 is 5.32 Å². The molecule has 0 bridgehead atoms. The van der Waals surface area contributed by atoms with Crippen molar-refractivity contribution in [1.29, 1.82) is 0 Å². The van der Waals surface area contributed by atoms with Crippen LogP contribution in [0.25, 0.3) is 0 Å². The minimum atomic E-state index is 0.715. The average Bonchev–Trinajstić information content (AvgIpc) is 2.21. The molecule has 2 heteroatoms. The van der Waals surface area contributed by atoms with Crippen LogP contribution in [0.4, 0.5) is 0 Å². The Balaban J connectivity index is 3.83. The highest BCUT2D eigenvalue weighted by Gasteiger charge is 2.12. The maximum Gasteiger partial charge on any atom is 0.0160 e. The van der Waals surface area contributed by atoms with Crippen molar-refractivity contribution in [2.45, 2.75) is 65.2 Å². The van der Waals surface area contributed by atoms with Crippen molar-refractivity contribution in [2.75, 3.05) is 12.3 Å². The van der Waals surface area contributed by atoms with Gasteiger partial charge in [0, 0.05) is 11.8 Å². The molecule has 0 aliphatic carbocycles. The Morgan fingerprint density at radius 3 is 2.27 bits per heavy atom. The molecule has 1 nitrogen and oxygen atoms in total. The van der Waals surface area contributed by atoms with Crippen molar-refractivity contribution in [3.63, 3.8) is 0 Å². The van der Waals surface area contributed by atoms with Crippen molar-refractivity contribution >= 4 is 11.8 Å². The van der Waals surface area contributed by atoms with Gasteiger partial charge in [-0.15, -0.1) is 0 Å². The molecule has 0 aromatic heterocycles. The number of nitrogens with one attached hydrogen (secondary N) is 1. The molecule has 0 rings (SSSR count). The van der Waals surface area contributed by atoms with E-state index in [4.69, 9.17) is 0 Å². The summed E-state index contributed by atoms with van der Waals surface area (Å²) in [5.41, 5.74) is 0. The zero-order chi connectivity index (χ0) is 11.7. The van der Waals surface area contributed by atoms with Crippen molar-refractivity contribution < 1.29 is 0 Å². The molecule has 1 N–H and O–H groups in total. The van der Waals surface area contributed by atoms with Gasteiger partial charge in [-0.3, -0.25) is 0 Å². The van der Waals surface area contributed by atoms with Gasteiger partial charge in [-0.25, -0.2) is 0 Å². The van der Waals surface area contributed by atoms with E-state index in [0.29, 0.717) is 6.04 Å². The van der Waals surface area contributed by atoms with Gasteiger partial charge >= 0.3 is 0 Å². The fraction of sp³-hybridized carbons (Fsp3) is 1.00. The van der Waals surface area contributed by atoms with Crippen LogP contribution in [-0.2, 0) is 0 Å². The minimum absolute atomic E-state index is 0.715. The number of thioether (sulfide) groups is 1. The first-order chi connectivity index (χ1) is 7.10. The van der Waals surface area contributed by atoms with E-state index < -0.39 is 0 Å². The average molecular weight is 231 g/mol. The summed E-state index contributed by atoms with van der Waals surface area (Å²) in [5.74, 6) is 2.12. The van der Waals surface area contributed by atoms with Crippen LogP contribution in [0, 0.1) is 5.92 Å². The number of hydrogen-bond acceptors (Lipinski definition) is 2. The molecule has 92 valence electrons. The van der Waals surface area contributed by atoms with Gasteiger partial charge in [0.05, 0.1) is 0 Å². The first-order valence-corrected chi connectivity index (χ1v) is 7.49. The lowest BCUT2D eigenvalue weighted by Crippen LogP contribution is -2.34. The van der Waals surface area contributed by atoms with Gasteiger partial charge in [0.2, 0.25) is 0 Å². The molecule has 0 spiro atoms. The topological polar surface area (TPSA) is 12.0 Å². The second-order valence-corrected chi connectivity index (χ2v) is 6.39. The Morgan fingerprint density at radius 2 is 1.80 bits per heavy atom. The number of rotatable bonds is 9. The summed E-state index contributed by atoms with van der Waals surface area (Å²) in [6.45, 7) is 12.6. The van der Waals surface area contributed by atoms with Crippen molar-refractivity contribution in [3.05, 3.63) is 0 Å². The van der Waals surface area contributed by atoms with E-state index in [1.54, 1.807) is 0 Å². The molecule has 0 saturated carbocycles. The summed E-state index contributed by atoms with van der Waals surface area (Å²) in [6.07, 6.45) is 3.87. The first-order valence-electron chi connectivity index (χ1n) is 6.45. The minimum Gasteiger partial charge on any atom is -0.313 e. The Bertz CT molecular complexity index is 136.